The second-order valence-electron chi connectivity index (χ2n) is 9.41. The first-order valence-electron chi connectivity index (χ1n) is 13.4. The Hall–Kier alpha value is -2.60. The number of hydrogen-bond acceptors (Lipinski definition) is 12. The second-order valence-corrected chi connectivity index (χ2v) is 9.86. The normalized spacial score (nSPS) is 22.6. The molecule has 0 aromatic heterocycles. The van der Waals surface area contributed by atoms with Crippen molar-refractivity contribution in [1.29, 1.82) is 0 Å². The largest absolute Gasteiger partial charge is 0.461 e. The number of hydrogen-bond donors (Lipinski definition) is 7. The minimum atomic E-state index is -3.03. The lowest BCUT2D eigenvalue weighted by molar-refractivity contribution is -0.277. The molecule has 238 valence electrons. The minimum Gasteiger partial charge on any atom is -0.461 e. The zero-order valence-corrected chi connectivity index (χ0v) is 24.1. The third-order valence-electron chi connectivity index (χ3n) is 5.99. The number of aliphatic hydroxyl groups excluding tert-OH is 4. The fraction of sp³-hybridized carbons (Fsp3) is 0.654. The summed E-state index contributed by atoms with van der Waals surface area (Å²) in [7, 11) is 0. The number of anilines is 1. The molecule has 0 aliphatic carbocycles. The highest BCUT2D eigenvalue weighted by Crippen LogP contribution is 2.34. The van der Waals surface area contributed by atoms with Crippen LogP contribution in [0.25, 0.3) is 0 Å². The van der Waals surface area contributed by atoms with Crippen molar-refractivity contribution >= 4 is 35.8 Å². The second kappa shape index (κ2) is 18.8. The molecule has 2 unspecified atom stereocenters. The number of carbonyl (C=O) groups excluding carboxylic acids is 2. The van der Waals surface area contributed by atoms with Crippen LogP contribution in [0.2, 0.25) is 0 Å². The van der Waals surface area contributed by atoms with Crippen LogP contribution in [-0.4, -0.2) is 107 Å². The molecule has 5 atom stereocenters. The van der Waals surface area contributed by atoms with Crippen LogP contribution >= 0.6 is 12.6 Å². The zero-order valence-electron chi connectivity index (χ0n) is 23.2. The van der Waals surface area contributed by atoms with E-state index in [0.29, 0.717) is 38.3 Å². The molecule has 1 aromatic rings. The maximum Gasteiger partial charge on any atom is 0.267 e. The Morgan fingerprint density at radius 2 is 1.86 bits per heavy atom. The van der Waals surface area contributed by atoms with Gasteiger partial charge in [0.05, 0.1) is 24.5 Å². The van der Waals surface area contributed by atoms with Crippen molar-refractivity contribution in [1.82, 2.24) is 5.32 Å². The van der Waals surface area contributed by atoms with E-state index in [2.05, 4.69) is 28.4 Å². The Bertz CT molecular complexity index is 1020. The summed E-state index contributed by atoms with van der Waals surface area (Å²) < 4.78 is 43.4. The summed E-state index contributed by atoms with van der Waals surface area (Å²) in [4.78, 5) is 29.1. The average Bonchev–Trinajstić information content (AvgIpc) is 2.95. The van der Waals surface area contributed by atoms with E-state index in [4.69, 9.17) is 19.0 Å². The fourth-order valence-electron chi connectivity index (χ4n) is 3.75. The van der Waals surface area contributed by atoms with E-state index < -0.39 is 55.2 Å². The van der Waals surface area contributed by atoms with E-state index in [1.807, 2.05) is 0 Å². The van der Waals surface area contributed by atoms with E-state index in [9.17, 15) is 38.8 Å². The highest BCUT2D eigenvalue weighted by molar-refractivity contribution is 7.80. The predicted octanol–water partition coefficient (Wildman–Crippen LogP) is 0.757. The van der Waals surface area contributed by atoms with Crippen LogP contribution in [0.5, 0.6) is 5.75 Å². The number of benzene rings is 1. The van der Waals surface area contributed by atoms with Gasteiger partial charge in [0.2, 0.25) is 12.2 Å². The predicted molar refractivity (Wildman–Crippen MR) is 150 cm³/mol. The number of ether oxygens (including phenoxy) is 3. The van der Waals surface area contributed by atoms with Gasteiger partial charge in [-0.15, -0.1) is 0 Å². The third-order valence-corrected chi connectivity index (χ3v) is 6.31. The van der Waals surface area contributed by atoms with E-state index in [1.54, 1.807) is 6.92 Å². The van der Waals surface area contributed by atoms with Crippen LogP contribution in [0.15, 0.2) is 23.4 Å². The number of thiol groups is 1. The molecule has 1 fully saturated rings. The molecule has 0 spiro atoms. The van der Waals surface area contributed by atoms with Gasteiger partial charge in [-0.3, -0.25) is 9.59 Å². The van der Waals surface area contributed by atoms with Crippen LogP contribution in [-0.2, 0) is 23.9 Å². The third kappa shape index (κ3) is 11.9. The molecular formula is C26H39F2N3O10S. The molecule has 0 bridgehead atoms. The first-order valence-corrected chi connectivity index (χ1v) is 14.0. The van der Waals surface area contributed by atoms with Crippen LogP contribution < -0.4 is 15.4 Å². The average molecular weight is 624 g/mol. The van der Waals surface area contributed by atoms with Crippen molar-refractivity contribution in [2.75, 3.05) is 44.0 Å². The number of oxime groups is 1. The van der Waals surface area contributed by atoms with Crippen molar-refractivity contribution < 1.29 is 57.8 Å². The lowest BCUT2D eigenvalue weighted by Crippen LogP contribution is -2.60. The molecule has 0 saturated carbocycles. The highest BCUT2D eigenvalue weighted by atomic mass is 32.1. The smallest absolute Gasteiger partial charge is 0.267 e. The first kappa shape index (κ1) is 35.6. The van der Waals surface area contributed by atoms with E-state index in [-0.39, 0.29) is 30.4 Å². The summed E-state index contributed by atoms with van der Waals surface area (Å²) in [5, 5.41) is 48.1. The standard InChI is InChI=1S/C26H39F2N3O10S/c1-15(31-39-14-21(34)29-8-10-38-9-3-11-42)4-2-5-20(33)30-16-6-7-18(17(12-16)25(27)28)40-26-24(37)23(36)22(35)19(13-32)41-26/h6-7,12,19,22-26,32,35-37,42H,2-5,8-11,13-14H2,1H3,(H,29,34)(H,30,33)/b31-15+/t19?,22-,23-,24?,26+/m0/s1. The fourth-order valence-corrected chi connectivity index (χ4v) is 3.88. The topological polar surface area (TPSA) is 188 Å². The molecular weight excluding hydrogens is 584 g/mol. The van der Waals surface area contributed by atoms with Gasteiger partial charge >= 0.3 is 0 Å². The molecule has 1 saturated heterocycles. The van der Waals surface area contributed by atoms with Gasteiger partial charge < -0.3 is 50.1 Å². The molecule has 2 amide bonds. The molecule has 16 heteroatoms. The summed E-state index contributed by atoms with van der Waals surface area (Å²) in [6.45, 7) is 2.00. The lowest BCUT2D eigenvalue weighted by atomic mass is 9.99. The van der Waals surface area contributed by atoms with Gasteiger partial charge in [-0.05, 0) is 50.1 Å². The highest BCUT2D eigenvalue weighted by Gasteiger charge is 2.45. The van der Waals surface area contributed by atoms with Gasteiger partial charge in [-0.1, -0.05) is 5.16 Å². The summed E-state index contributed by atoms with van der Waals surface area (Å²) >= 11 is 4.07. The Balaban J connectivity index is 1.79. The minimum absolute atomic E-state index is 0.0493. The van der Waals surface area contributed by atoms with Crippen molar-refractivity contribution in [2.24, 2.45) is 5.16 Å². The van der Waals surface area contributed by atoms with Crippen molar-refractivity contribution in [2.45, 2.75) is 69.7 Å². The number of nitrogens with zero attached hydrogens (tertiary/aromatic N) is 1. The molecule has 6 N–H and O–H groups in total. The van der Waals surface area contributed by atoms with E-state index in [1.165, 1.54) is 6.07 Å². The number of carbonyl (C=O) groups is 2. The summed E-state index contributed by atoms with van der Waals surface area (Å²) in [5.74, 6) is -0.447. The Morgan fingerprint density at radius 3 is 2.55 bits per heavy atom. The van der Waals surface area contributed by atoms with Gasteiger partial charge in [0.1, 0.15) is 30.2 Å². The van der Waals surface area contributed by atoms with Crippen molar-refractivity contribution in [3.63, 3.8) is 0 Å². The monoisotopic (exact) mass is 623 g/mol. The number of alkyl halides is 2. The number of aliphatic hydroxyl groups is 4. The molecule has 2 rings (SSSR count). The number of rotatable bonds is 18. The number of nitrogens with one attached hydrogen (secondary N) is 2. The summed E-state index contributed by atoms with van der Waals surface area (Å²) in [6.07, 6.45) is -9.45. The van der Waals surface area contributed by atoms with Gasteiger partial charge in [0.25, 0.3) is 12.3 Å². The molecule has 0 radical (unpaired) electrons. The van der Waals surface area contributed by atoms with Crippen LogP contribution in [0.4, 0.5) is 14.5 Å². The van der Waals surface area contributed by atoms with E-state index in [0.717, 1.165) is 24.3 Å². The number of halogens is 2. The molecule has 1 heterocycles. The first-order chi connectivity index (χ1) is 20.1. The summed E-state index contributed by atoms with van der Waals surface area (Å²) in [5.41, 5.74) is 0.0126. The number of amides is 2. The lowest BCUT2D eigenvalue weighted by Gasteiger charge is -2.39. The van der Waals surface area contributed by atoms with Crippen molar-refractivity contribution in [3.05, 3.63) is 23.8 Å². The molecule has 1 aliphatic rings. The quantitative estimate of drug-likeness (QED) is 0.0532. The van der Waals surface area contributed by atoms with Crippen LogP contribution in [0, 0.1) is 0 Å². The molecule has 1 aromatic carbocycles. The molecule has 42 heavy (non-hydrogen) atoms. The SMILES string of the molecule is C/C(CCCC(=O)Nc1ccc(O[C@@H]2OC(CO)[C@H](O)[C@H](O)C2O)c(C(F)F)c1)=N\OCC(=O)NCCOCCCS. The Morgan fingerprint density at radius 1 is 1.10 bits per heavy atom. The summed E-state index contributed by atoms with van der Waals surface area (Å²) in [6, 6.07) is 3.45. The Kier molecular flexibility index (Phi) is 16.0. The van der Waals surface area contributed by atoms with Crippen molar-refractivity contribution in [3.8, 4) is 5.75 Å². The van der Waals surface area contributed by atoms with Gasteiger partial charge in [-0.2, -0.15) is 12.6 Å². The zero-order chi connectivity index (χ0) is 31.1. The van der Waals surface area contributed by atoms with Gasteiger partial charge in [-0.25, -0.2) is 8.78 Å². The van der Waals surface area contributed by atoms with Gasteiger partial charge in [0.15, 0.2) is 6.61 Å². The molecule has 1 aliphatic heterocycles. The van der Waals surface area contributed by atoms with Crippen LogP contribution in [0.1, 0.15) is 44.6 Å². The van der Waals surface area contributed by atoms with E-state index >= 15 is 0 Å². The maximum atomic E-state index is 13.8. The maximum absolute atomic E-state index is 13.8. The Labute approximate surface area is 247 Å². The molecule has 13 nitrogen and oxygen atoms in total. The van der Waals surface area contributed by atoms with Gasteiger partial charge in [0, 0.05) is 25.3 Å². The van der Waals surface area contributed by atoms with Crippen LogP contribution in [0.3, 0.4) is 0 Å².